The Morgan fingerprint density at radius 3 is 2.13 bits per heavy atom. The van der Waals surface area contributed by atoms with Crippen LogP contribution in [0, 0.1) is 10.8 Å². The highest BCUT2D eigenvalue weighted by molar-refractivity contribution is 5.23. The second-order valence-corrected chi connectivity index (χ2v) is 5.91. The van der Waals surface area contributed by atoms with Gasteiger partial charge in [-0.25, -0.2) is 0 Å². The summed E-state index contributed by atoms with van der Waals surface area (Å²) in [6.45, 7) is 9.67. The van der Waals surface area contributed by atoms with E-state index in [9.17, 15) is 0 Å². The summed E-state index contributed by atoms with van der Waals surface area (Å²) in [4.78, 5) is 0. The average Bonchev–Trinajstić information content (AvgIpc) is 2.98. The molecule has 0 heterocycles. The zero-order valence-electron chi connectivity index (χ0n) is 10.4. The Morgan fingerprint density at radius 1 is 1.13 bits per heavy atom. The molecule has 1 aliphatic carbocycles. The van der Waals surface area contributed by atoms with Crippen LogP contribution in [-0.2, 0) is 0 Å². The fourth-order valence-corrected chi connectivity index (χ4v) is 2.51. The van der Waals surface area contributed by atoms with Crippen molar-refractivity contribution in [1.82, 2.24) is 0 Å². The third kappa shape index (κ3) is 1.71. The minimum absolute atomic E-state index is 0.411. The topological polar surface area (TPSA) is 0 Å². The molecule has 2 rings (SSSR count). The lowest BCUT2D eigenvalue weighted by molar-refractivity contribution is 0.166. The second kappa shape index (κ2) is 3.37. The molecule has 1 atom stereocenters. The van der Waals surface area contributed by atoms with Crippen molar-refractivity contribution >= 4 is 0 Å². The van der Waals surface area contributed by atoms with Crippen molar-refractivity contribution in [3.63, 3.8) is 0 Å². The first-order valence-electron chi connectivity index (χ1n) is 6.02. The molecule has 0 nitrogen and oxygen atoms in total. The number of hydrogen-bond acceptors (Lipinski definition) is 0. The lowest BCUT2D eigenvalue weighted by Crippen LogP contribution is -2.29. The molecule has 0 aromatic heterocycles. The standard InChI is InChI=1S/C15H22/c1-12(13-8-6-5-7-9-13)14(2,3)15(4)10-11-15/h5-9,12H,10-11H2,1-4H3. The summed E-state index contributed by atoms with van der Waals surface area (Å²) in [5, 5.41) is 0. The van der Waals surface area contributed by atoms with E-state index >= 15 is 0 Å². The second-order valence-electron chi connectivity index (χ2n) is 5.91. The Bertz CT molecular complexity index is 330. The van der Waals surface area contributed by atoms with Crippen molar-refractivity contribution in [3.05, 3.63) is 35.9 Å². The molecular weight excluding hydrogens is 180 g/mol. The lowest BCUT2D eigenvalue weighted by Gasteiger charge is -2.38. The highest BCUT2D eigenvalue weighted by Gasteiger charge is 2.52. The van der Waals surface area contributed by atoms with Crippen LogP contribution in [-0.4, -0.2) is 0 Å². The Kier molecular flexibility index (Phi) is 2.41. The maximum Gasteiger partial charge on any atom is -0.0134 e. The van der Waals surface area contributed by atoms with Crippen molar-refractivity contribution in [2.75, 3.05) is 0 Å². The SMILES string of the molecule is CC(c1ccccc1)C(C)(C)C1(C)CC1. The maximum absolute atomic E-state index is 2.44. The van der Waals surface area contributed by atoms with E-state index < -0.39 is 0 Å². The van der Waals surface area contributed by atoms with Gasteiger partial charge in [-0.15, -0.1) is 0 Å². The molecule has 0 bridgehead atoms. The van der Waals surface area contributed by atoms with E-state index in [0.29, 0.717) is 16.7 Å². The maximum atomic E-state index is 2.44. The molecule has 0 spiro atoms. The predicted octanol–water partition coefficient (Wildman–Crippen LogP) is 4.62. The zero-order valence-corrected chi connectivity index (χ0v) is 10.4. The monoisotopic (exact) mass is 202 g/mol. The van der Waals surface area contributed by atoms with Gasteiger partial charge in [0.2, 0.25) is 0 Å². The van der Waals surface area contributed by atoms with Gasteiger partial charge in [-0.1, -0.05) is 58.0 Å². The summed E-state index contributed by atoms with van der Waals surface area (Å²) >= 11 is 0. The molecule has 1 aromatic carbocycles. The molecule has 0 aliphatic heterocycles. The highest BCUT2D eigenvalue weighted by atomic mass is 14.6. The van der Waals surface area contributed by atoms with E-state index in [0.717, 1.165) is 0 Å². The van der Waals surface area contributed by atoms with E-state index in [2.05, 4.69) is 58.0 Å². The first kappa shape index (κ1) is 10.7. The number of hydrogen-bond donors (Lipinski definition) is 0. The molecule has 1 fully saturated rings. The molecule has 0 saturated heterocycles. The minimum atomic E-state index is 0.411. The van der Waals surface area contributed by atoms with Gasteiger partial charge in [-0.3, -0.25) is 0 Å². The van der Waals surface area contributed by atoms with Gasteiger partial charge in [-0.05, 0) is 35.2 Å². The Morgan fingerprint density at radius 2 is 1.67 bits per heavy atom. The smallest absolute Gasteiger partial charge is 0.0134 e. The van der Waals surface area contributed by atoms with E-state index in [1.165, 1.54) is 18.4 Å². The molecular formula is C15H22. The molecule has 15 heavy (non-hydrogen) atoms. The van der Waals surface area contributed by atoms with Gasteiger partial charge in [0.05, 0.1) is 0 Å². The Balaban J connectivity index is 2.24. The van der Waals surface area contributed by atoms with Crippen LogP contribution in [0.3, 0.4) is 0 Å². The van der Waals surface area contributed by atoms with Crippen molar-refractivity contribution in [1.29, 1.82) is 0 Å². The van der Waals surface area contributed by atoms with Crippen LogP contribution in [0.4, 0.5) is 0 Å². The average molecular weight is 202 g/mol. The molecule has 0 radical (unpaired) electrons. The van der Waals surface area contributed by atoms with Gasteiger partial charge in [0.1, 0.15) is 0 Å². The molecule has 1 unspecified atom stereocenters. The Labute approximate surface area is 93.7 Å². The normalized spacial score (nSPS) is 21.1. The molecule has 0 amide bonds. The van der Waals surface area contributed by atoms with E-state index in [4.69, 9.17) is 0 Å². The quantitative estimate of drug-likeness (QED) is 0.671. The van der Waals surface area contributed by atoms with Gasteiger partial charge in [0, 0.05) is 0 Å². The molecule has 1 saturated carbocycles. The lowest BCUT2D eigenvalue weighted by atomic mass is 9.66. The van der Waals surface area contributed by atoms with Crippen molar-refractivity contribution in [2.24, 2.45) is 10.8 Å². The zero-order chi connectivity index (χ0) is 11.1. The number of benzene rings is 1. The first-order valence-corrected chi connectivity index (χ1v) is 6.02. The highest BCUT2D eigenvalue weighted by Crippen LogP contribution is 2.62. The fraction of sp³-hybridized carbons (Fsp3) is 0.600. The molecule has 1 aromatic rings. The summed E-state index contributed by atoms with van der Waals surface area (Å²) in [6.07, 6.45) is 2.80. The fourth-order valence-electron chi connectivity index (χ4n) is 2.51. The van der Waals surface area contributed by atoms with Crippen LogP contribution in [0.1, 0.15) is 52.0 Å². The first-order chi connectivity index (χ1) is 6.97. The van der Waals surface area contributed by atoms with Gasteiger partial charge in [0.15, 0.2) is 0 Å². The third-order valence-electron chi connectivity index (χ3n) is 4.94. The van der Waals surface area contributed by atoms with Gasteiger partial charge < -0.3 is 0 Å². The molecule has 0 heteroatoms. The van der Waals surface area contributed by atoms with Crippen LogP contribution < -0.4 is 0 Å². The predicted molar refractivity (Wildman–Crippen MR) is 66.0 cm³/mol. The summed E-state index contributed by atoms with van der Waals surface area (Å²) in [6, 6.07) is 10.9. The van der Waals surface area contributed by atoms with Gasteiger partial charge in [-0.2, -0.15) is 0 Å². The summed E-state index contributed by atoms with van der Waals surface area (Å²) in [7, 11) is 0. The summed E-state index contributed by atoms with van der Waals surface area (Å²) < 4.78 is 0. The molecule has 82 valence electrons. The van der Waals surface area contributed by atoms with Gasteiger partial charge >= 0.3 is 0 Å². The Hall–Kier alpha value is -0.780. The van der Waals surface area contributed by atoms with Crippen molar-refractivity contribution < 1.29 is 0 Å². The number of rotatable bonds is 3. The molecule has 0 N–H and O–H groups in total. The summed E-state index contributed by atoms with van der Waals surface area (Å²) in [5.41, 5.74) is 2.46. The van der Waals surface area contributed by atoms with Gasteiger partial charge in [0.25, 0.3) is 0 Å². The van der Waals surface area contributed by atoms with E-state index in [1.54, 1.807) is 0 Å². The third-order valence-corrected chi connectivity index (χ3v) is 4.94. The van der Waals surface area contributed by atoms with Crippen LogP contribution in [0.5, 0.6) is 0 Å². The van der Waals surface area contributed by atoms with Crippen LogP contribution >= 0.6 is 0 Å². The van der Waals surface area contributed by atoms with Crippen LogP contribution in [0.15, 0.2) is 30.3 Å². The molecule has 1 aliphatic rings. The summed E-state index contributed by atoms with van der Waals surface area (Å²) in [5.74, 6) is 0.645. The van der Waals surface area contributed by atoms with Crippen molar-refractivity contribution in [2.45, 2.75) is 46.5 Å². The largest absolute Gasteiger partial charge is 0.0622 e. The van der Waals surface area contributed by atoms with E-state index in [-0.39, 0.29) is 0 Å². The van der Waals surface area contributed by atoms with E-state index in [1.807, 2.05) is 0 Å². The van der Waals surface area contributed by atoms with Crippen LogP contribution in [0.2, 0.25) is 0 Å². The van der Waals surface area contributed by atoms with Crippen LogP contribution in [0.25, 0.3) is 0 Å². The minimum Gasteiger partial charge on any atom is -0.0622 e. The van der Waals surface area contributed by atoms with Crippen molar-refractivity contribution in [3.8, 4) is 0 Å².